The van der Waals surface area contributed by atoms with Gasteiger partial charge in [0, 0.05) is 15.5 Å². The van der Waals surface area contributed by atoms with E-state index in [9.17, 15) is 9.59 Å². The Morgan fingerprint density at radius 3 is 2.73 bits per heavy atom. The van der Waals surface area contributed by atoms with Crippen LogP contribution < -0.4 is 16.0 Å². The van der Waals surface area contributed by atoms with Gasteiger partial charge in [0.15, 0.2) is 6.54 Å². The first-order valence-electron chi connectivity index (χ1n) is 8.74. The quantitative estimate of drug-likeness (QED) is 0.703. The number of amides is 2. The third kappa shape index (κ3) is 4.26. The van der Waals surface area contributed by atoms with Crippen LogP contribution in [0.3, 0.4) is 0 Å². The standard InChI is InChI=1S/C19H22ClN3O2S/c1-23(10-12-6-2-4-8-14(12)20)11-16(24)22-19-17(18(21)25)13-7-3-5-9-15(13)26-19/h2,4,6,8H,3,5,7,9-11H2,1H3,(H2,21,25)(H,22,24)/p+1. The molecule has 0 radical (unpaired) electrons. The number of halogens is 1. The molecule has 3 rings (SSSR count). The van der Waals surface area contributed by atoms with E-state index in [1.165, 1.54) is 16.2 Å². The minimum atomic E-state index is -0.462. The monoisotopic (exact) mass is 392 g/mol. The van der Waals surface area contributed by atoms with E-state index in [4.69, 9.17) is 17.3 Å². The number of hydrogen-bond donors (Lipinski definition) is 3. The predicted molar refractivity (Wildman–Crippen MR) is 105 cm³/mol. The van der Waals surface area contributed by atoms with Crippen LogP contribution in [0.4, 0.5) is 5.00 Å². The number of likely N-dealkylation sites (N-methyl/N-ethyl adjacent to an activating group) is 1. The molecule has 1 aliphatic rings. The molecule has 138 valence electrons. The summed E-state index contributed by atoms with van der Waals surface area (Å²) in [5.41, 5.74) is 8.11. The van der Waals surface area contributed by atoms with Crippen LogP contribution in [0.25, 0.3) is 0 Å². The average molecular weight is 393 g/mol. The molecular formula is C19H23ClN3O2S+. The molecule has 0 bridgehead atoms. The topological polar surface area (TPSA) is 76.6 Å². The van der Waals surface area contributed by atoms with Gasteiger partial charge >= 0.3 is 0 Å². The van der Waals surface area contributed by atoms with Crippen LogP contribution in [-0.2, 0) is 24.2 Å². The first-order valence-corrected chi connectivity index (χ1v) is 9.94. The van der Waals surface area contributed by atoms with Crippen molar-refractivity contribution in [2.75, 3.05) is 18.9 Å². The van der Waals surface area contributed by atoms with Crippen molar-refractivity contribution in [3.63, 3.8) is 0 Å². The molecule has 2 aromatic rings. The molecule has 0 saturated carbocycles. The molecule has 1 aromatic heterocycles. The summed E-state index contributed by atoms with van der Waals surface area (Å²) in [6.45, 7) is 0.933. The third-order valence-corrected chi connectivity index (χ3v) is 6.16. The summed E-state index contributed by atoms with van der Waals surface area (Å²) in [6, 6.07) is 7.63. The summed E-state index contributed by atoms with van der Waals surface area (Å²) in [4.78, 5) is 26.6. The van der Waals surface area contributed by atoms with Gasteiger partial charge in [-0.2, -0.15) is 0 Å². The molecule has 0 saturated heterocycles. The number of nitrogens with two attached hydrogens (primary N) is 1. The summed E-state index contributed by atoms with van der Waals surface area (Å²) in [7, 11) is 1.94. The van der Waals surface area contributed by atoms with Gasteiger partial charge < -0.3 is 16.0 Å². The number of thiophene rings is 1. The smallest absolute Gasteiger partial charge is 0.280 e. The van der Waals surface area contributed by atoms with Crippen molar-refractivity contribution >= 4 is 39.8 Å². The number of fused-ring (bicyclic) bond motifs is 1. The maximum Gasteiger partial charge on any atom is 0.280 e. The highest BCUT2D eigenvalue weighted by Gasteiger charge is 2.25. The second-order valence-corrected chi connectivity index (χ2v) is 8.24. The number of benzene rings is 1. The van der Waals surface area contributed by atoms with E-state index in [-0.39, 0.29) is 12.5 Å². The van der Waals surface area contributed by atoms with E-state index in [1.807, 2.05) is 31.3 Å². The molecule has 4 N–H and O–H groups in total. The van der Waals surface area contributed by atoms with Gasteiger partial charge in [0.05, 0.1) is 12.6 Å². The van der Waals surface area contributed by atoms with Crippen molar-refractivity contribution < 1.29 is 14.5 Å². The number of carbonyl (C=O) groups is 2. The van der Waals surface area contributed by atoms with Crippen molar-refractivity contribution in [2.24, 2.45) is 5.73 Å². The van der Waals surface area contributed by atoms with Crippen molar-refractivity contribution in [3.8, 4) is 0 Å². The van der Waals surface area contributed by atoms with E-state index >= 15 is 0 Å². The van der Waals surface area contributed by atoms with Gasteiger partial charge in [-0.25, -0.2) is 0 Å². The molecule has 0 aliphatic heterocycles. The van der Waals surface area contributed by atoms with Gasteiger partial charge in [-0.05, 0) is 37.3 Å². The van der Waals surface area contributed by atoms with Crippen LogP contribution in [0.2, 0.25) is 5.02 Å². The molecule has 0 spiro atoms. The number of carbonyl (C=O) groups excluding carboxylic acids is 2. The predicted octanol–water partition coefficient (Wildman–Crippen LogP) is 2.03. The normalized spacial score (nSPS) is 14.5. The summed E-state index contributed by atoms with van der Waals surface area (Å²) < 4.78 is 0. The first-order chi connectivity index (χ1) is 12.5. The fourth-order valence-corrected chi connectivity index (χ4v) is 4.90. The highest BCUT2D eigenvalue weighted by Crippen LogP contribution is 2.37. The minimum Gasteiger partial charge on any atom is -0.365 e. The molecule has 2 amide bonds. The maximum absolute atomic E-state index is 12.5. The number of rotatable bonds is 6. The number of nitrogens with one attached hydrogen (secondary N) is 2. The Labute approximate surface area is 162 Å². The fourth-order valence-electron chi connectivity index (χ4n) is 3.39. The average Bonchev–Trinajstić information content (AvgIpc) is 2.94. The lowest BCUT2D eigenvalue weighted by molar-refractivity contribution is -0.885. The fraction of sp³-hybridized carbons (Fsp3) is 0.368. The molecule has 7 heteroatoms. The number of quaternary nitrogens is 1. The Kier molecular flexibility index (Phi) is 5.96. The van der Waals surface area contributed by atoms with E-state index in [1.54, 1.807) is 0 Å². The van der Waals surface area contributed by atoms with Crippen LogP contribution in [0.1, 0.15) is 39.2 Å². The molecule has 5 nitrogen and oxygen atoms in total. The number of hydrogen-bond acceptors (Lipinski definition) is 3. The van der Waals surface area contributed by atoms with Gasteiger partial charge in [0.1, 0.15) is 11.5 Å². The Morgan fingerprint density at radius 2 is 2.00 bits per heavy atom. The van der Waals surface area contributed by atoms with E-state index in [0.29, 0.717) is 22.1 Å². The number of primary amides is 1. The highest BCUT2D eigenvalue weighted by atomic mass is 35.5. The lowest BCUT2D eigenvalue weighted by Crippen LogP contribution is -3.08. The summed E-state index contributed by atoms with van der Waals surface area (Å²) in [6.07, 6.45) is 3.98. The van der Waals surface area contributed by atoms with Crippen LogP contribution in [0, 0.1) is 0 Å². The molecular weight excluding hydrogens is 370 g/mol. The van der Waals surface area contributed by atoms with E-state index in [2.05, 4.69) is 5.32 Å². The summed E-state index contributed by atoms with van der Waals surface area (Å²) in [5, 5.41) is 4.21. The Morgan fingerprint density at radius 1 is 1.27 bits per heavy atom. The van der Waals surface area contributed by atoms with Crippen LogP contribution >= 0.6 is 22.9 Å². The highest BCUT2D eigenvalue weighted by molar-refractivity contribution is 7.17. The molecule has 1 unspecified atom stereocenters. The van der Waals surface area contributed by atoms with E-state index < -0.39 is 5.91 Å². The van der Waals surface area contributed by atoms with Crippen molar-refractivity contribution in [3.05, 3.63) is 50.9 Å². The van der Waals surface area contributed by atoms with Crippen molar-refractivity contribution in [1.82, 2.24) is 0 Å². The van der Waals surface area contributed by atoms with Crippen LogP contribution in [0.5, 0.6) is 0 Å². The zero-order valence-corrected chi connectivity index (χ0v) is 16.3. The number of aryl methyl sites for hydroxylation is 1. The Balaban J connectivity index is 1.67. The van der Waals surface area contributed by atoms with Crippen LogP contribution in [-0.4, -0.2) is 25.4 Å². The van der Waals surface area contributed by atoms with Crippen molar-refractivity contribution in [1.29, 1.82) is 0 Å². The van der Waals surface area contributed by atoms with Gasteiger partial charge in [0.2, 0.25) is 0 Å². The second-order valence-electron chi connectivity index (χ2n) is 6.73. The van der Waals surface area contributed by atoms with Gasteiger partial charge in [0.25, 0.3) is 11.8 Å². The molecule has 0 fully saturated rings. The molecule has 1 atom stereocenters. The SMILES string of the molecule is C[NH+](CC(=O)Nc1sc2c(c1C(N)=O)CCCC2)Cc1ccccc1Cl. The lowest BCUT2D eigenvalue weighted by atomic mass is 9.95. The van der Waals surface area contributed by atoms with Gasteiger partial charge in [-0.15, -0.1) is 11.3 Å². The summed E-state index contributed by atoms with van der Waals surface area (Å²) in [5.74, 6) is -0.591. The maximum atomic E-state index is 12.5. The lowest BCUT2D eigenvalue weighted by Gasteiger charge is -2.14. The van der Waals surface area contributed by atoms with Crippen LogP contribution in [0.15, 0.2) is 24.3 Å². The van der Waals surface area contributed by atoms with Gasteiger partial charge in [-0.3, -0.25) is 9.59 Å². The molecule has 1 aliphatic carbocycles. The minimum absolute atomic E-state index is 0.129. The molecule has 1 aromatic carbocycles. The zero-order chi connectivity index (χ0) is 18.7. The zero-order valence-electron chi connectivity index (χ0n) is 14.7. The van der Waals surface area contributed by atoms with E-state index in [0.717, 1.165) is 41.7 Å². The largest absolute Gasteiger partial charge is 0.365 e. The summed E-state index contributed by atoms with van der Waals surface area (Å²) >= 11 is 7.67. The molecule has 26 heavy (non-hydrogen) atoms. The first kappa shape index (κ1) is 18.9. The Bertz CT molecular complexity index is 834. The number of anilines is 1. The molecule has 1 heterocycles. The second kappa shape index (κ2) is 8.20. The van der Waals surface area contributed by atoms with Crippen molar-refractivity contribution in [2.45, 2.75) is 32.2 Å². The third-order valence-electron chi connectivity index (χ3n) is 4.58. The van der Waals surface area contributed by atoms with Gasteiger partial charge in [-0.1, -0.05) is 29.8 Å². The Hall–Kier alpha value is -1.89.